The largest absolute Gasteiger partial charge is 2.00 e. The molecule has 0 fully saturated rings. The molecule has 0 aromatic heterocycles. The molecule has 0 aliphatic heterocycles. The molecule has 2 nitrogen and oxygen atoms in total. The van der Waals surface area contributed by atoms with E-state index in [9.17, 15) is 4.89 Å². The summed E-state index contributed by atoms with van der Waals surface area (Å²) in [5, 5.41) is 0. The molecule has 0 aliphatic rings. The van der Waals surface area contributed by atoms with Crippen LogP contribution < -0.4 is 4.89 Å². The van der Waals surface area contributed by atoms with Crippen molar-refractivity contribution in [2.24, 2.45) is 0 Å². The van der Waals surface area contributed by atoms with Crippen molar-refractivity contribution < 1.29 is 28.9 Å². The molecule has 6 heteroatoms. The quantitative estimate of drug-likeness (QED) is 0.313. The summed E-state index contributed by atoms with van der Waals surface area (Å²) in [5.74, 6) is 0. The predicted octanol–water partition coefficient (Wildman–Crippen LogP) is 2.49. The van der Waals surface area contributed by atoms with Gasteiger partial charge < -0.3 is 21.7 Å². The van der Waals surface area contributed by atoms with Crippen LogP contribution in [0, 0.1) is 0 Å². The van der Waals surface area contributed by atoms with Crippen molar-refractivity contribution in [3.8, 4) is 0 Å². The van der Waals surface area contributed by atoms with Gasteiger partial charge in [-0.3, -0.25) is 0 Å². The maximum absolute atomic E-state index is 10.9. The standard InChI is InChI=1S/C8H19O2PS2.Zn/c1-3-4-5-6-7-8(2)10-11(9,12)13;/h8H,3-7H2,1-2H3,(H2,9,12,13);/q;+2/p-2. The van der Waals surface area contributed by atoms with Gasteiger partial charge in [-0.15, -0.1) is 17.5 Å². The first-order valence-corrected chi connectivity index (χ1v) is 8.31. The van der Waals surface area contributed by atoms with Crippen LogP contribution in [0.2, 0.25) is 0 Å². The summed E-state index contributed by atoms with van der Waals surface area (Å²) in [7, 11) is 0. The van der Waals surface area contributed by atoms with E-state index in [1.54, 1.807) is 0 Å². The van der Waals surface area contributed by atoms with Crippen molar-refractivity contribution in [3.05, 3.63) is 0 Å². The summed E-state index contributed by atoms with van der Waals surface area (Å²) in [4.78, 5) is 10.9. The van der Waals surface area contributed by atoms with Crippen molar-refractivity contribution in [2.45, 2.75) is 52.1 Å². The molecular weight excluding hydrogens is 289 g/mol. The van der Waals surface area contributed by atoms with Crippen molar-refractivity contribution in [1.29, 1.82) is 0 Å². The maximum Gasteiger partial charge on any atom is 2.00 e. The Bertz CT molecular complexity index is 175. The van der Waals surface area contributed by atoms with Crippen LogP contribution in [-0.4, -0.2) is 6.10 Å². The first-order valence-electron chi connectivity index (χ1n) is 4.66. The van der Waals surface area contributed by atoms with E-state index in [0.29, 0.717) is 0 Å². The molecule has 0 aromatic rings. The van der Waals surface area contributed by atoms with E-state index in [1.807, 2.05) is 6.92 Å². The predicted molar refractivity (Wildman–Crippen MR) is 61.0 cm³/mol. The van der Waals surface area contributed by atoms with E-state index in [1.165, 1.54) is 19.3 Å². The van der Waals surface area contributed by atoms with Crippen molar-refractivity contribution in [3.63, 3.8) is 0 Å². The molecule has 0 aliphatic carbocycles. The molecule has 0 heterocycles. The summed E-state index contributed by atoms with van der Waals surface area (Å²) in [6, 6.07) is 0. The fourth-order valence-corrected chi connectivity index (χ4v) is 2.56. The molecular formula is C8H17O2PS2Zn. The van der Waals surface area contributed by atoms with Gasteiger partial charge in [0, 0.05) is 0 Å². The van der Waals surface area contributed by atoms with E-state index < -0.39 is 5.69 Å². The van der Waals surface area contributed by atoms with Gasteiger partial charge >= 0.3 is 19.5 Å². The molecule has 80 valence electrons. The van der Waals surface area contributed by atoms with E-state index >= 15 is 0 Å². The Hall–Kier alpha value is 1.54. The number of hydrogen-bond acceptors (Lipinski definition) is 4. The maximum atomic E-state index is 10.9. The van der Waals surface area contributed by atoms with Crippen LogP contribution >= 0.6 is 5.69 Å². The van der Waals surface area contributed by atoms with Gasteiger partial charge in [-0.05, 0) is 13.3 Å². The summed E-state index contributed by atoms with van der Waals surface area (Å²) in [5.41, 5.74) is -3.11. The normalized spacial score (nSPS) is 16.9. The second-order valence-corrected chi connectivity index (χ2v) is 7.90. The topological polar surface area (TPSA) is 32.3 Å². The summed E-state index contributed by atoms with van der Waals surface area (Å²) < 4.78 is 5.00. The summed E-state index contributed by atoms with van der Waals surface area (Å²) in [6.07, 6.45) is 5.60. The second-order valence-electron chi connectivity index (χ2n) is 3.21. The molecule has 0 rings (SSSR count). The van der Waals surface area contributed by atoms with Gasteiger partial charge in [0.15, 0.2) is 0 Å². The van der Waals surface area contributed by atoms with Crippen molar-refractivity contribution >= 4 is 29.7 Å². The molecule has 0 saturated carbocycles. The fraction of sp³-hybridized carbons (Fsp3) is 1.00. The van der Waals surface area contributed by atoms with Crippen LogP contribution in [0.3, 0.4) is 0 Å². The van der Waals surface area contributed by atoms with Crippen molar-refractivity contribution in [1.82, 2.24) is 0 Å². The first kappa shape index (κ1) is 17.9. The Kier molecular flexibility index (Phi) is 12.5. The number of hydrogen-bond donors (Lipinski definition) is 0. The van der Waals surface area contributed by atoms with E-state index in [4.69, 9.17) is 4.52 Å². The molecule has 0 amide bonds. The third kappa shape index (κ3) is 13.5. The van der Waals surface area contributed by atoms with Crippen LogP contribution in [0.15, 0.2) is 0 Å². The van der Waals surface area contributed by atoms with E-state index in [2.05, 4.69) is 31.0 Å². The van der Waals surface area contributed by atoms with Gasteiger partial charge in [-0.2, -0.15) is 0 Å². The Labute approximate surface area is 110 Å². The minimum Gasteiger partial charge on any atom is -0.819 e. The van der Waals surface area contributed by atoms with E-state index in [-0.39, 0.29) is 25.6 Å². The average Bonchev–Trinajstić information content (AvgIpc) is 1.94. The SMILES string of the molecule is CCCCCCC(C)OP([O-])(=S)[S-].[Zn+2]. The smallest absolute Gasteiger partial charge is 0.819 e. The molecule has 0 N–H and O–H groups in total. The zero-order chi connectivity index (χ0) is 10.3. The monoisotopic (exact) mass is 304 g/mol. The third-order valence-electron chi connectivity index (χ3n) is 1.77. The fourth-order valence-electron chi connectivity index (χ4n) is 1.13. The van der Waals surface area contributed by atoms with Gasteiger partial charge in [-0.25, -0.2) is 0 Å². The minimum absolute atomic E-state index is 0. The minimum atomic E-state index is -3.11. The van der Waals surface area contributed by atoms with Crippen LogP contribution in [0.4, 0.5) is 0 Å². The first-order chi connectivity index (χ1) is 5.95. The van der Waals surface area contributed by atoms with Crippen LogP contribution in [0.5, 0.6) is 0 Å². The van der Waals surface area contributed by atoms with Crippen LogP contribution in [0.25, 0.3) is 0 Å². The molecule has 2 unspecified atom stereocenters. The van der Waals surface area contributed by atoms with E-state index in [0.717, 1.165) is 12.8 Å². The molecule has 14 heavy (non-hydrogen) atoms. The molecule has 2 atom stereocenters. The Morgan fingerprint density at radius 3 is 2.43 bits per heavy atom. The van der Waals surface area contributed by atoms with Gasteiger partial charge in [-0.1, -0.05) is 32.6 Å². The third-order valence-corrected chi connectivity index (χ3v) is 2.91. The Morgan fingerprint density at radius 2 is 2.00 bits per heavy atom. The molecule has 0 bridgehead atoms. The zero-order valence-corrected chi connectivity index (χ0v) is 14.4. The second kappa shape index (κ2) is 9.75. The number of rotatable bonds is 7. The molecule has 0 saturated heterocycles. The molecule has 0 aromatic carbocycles. The van der Waals surface area contributed by atoms with Gasteiger partial charge in [0.1, 0.15) is 0 Å². The molecule has 0 radical (unpaired) electrons. The van der Waals surface area contributed by atoms with Crippen LogP contribution in [0.1, 0.15) is 46.0 Å². The Balaban J connectivity index is 0. The summed E-state index contributed by atoms with van der Waals surface area (Å²) >= 11 is 9.02. The average molecular weight is 306 g/mol. The zero-order valence-electron chi connectivity index (χ0n) is 8.90. The Morgan fingerprint density at radius 1 is 1.43 bits per heavy atom. The van der Waals surface area contributed by atoms with Gasteiger partial charge in [0.25, 0.3) is 0 Å². The summed E-state index contributed by atoms with van der Waals surface area (Å²) in [6.45, 7) is 4.04. The van der Waals surface area contributed by atoms with Gasteiger partial charge in [0.2, 0.25) is 0 Å². The van der Waals surface area contributed by atoms with Gasteiger partial charge in [0.05, 0.1) is 6.10 Å². The molecule has 0 spiro atoms. The van der Waals surface area contributed by atoms with Crippen LogP contribution in [-0.2, 0) is 48.1 Å². The van der Waals surface area contributed by atoms with Crippen molar-refractivity contribution in [2.75, 3.05) is 0 Å². The number of unbranched alkanes of at least 4 members (excludes halogenated alkanes) is 3.